The minimum absolute atomic E-state index is 0.0665. The summed E-state index contributed by atoms with van der Waals surface area (Å²) in [5.41, 5.74) is 25.9. The van der Waals surface area contributed by atoms with Gasteiger partial charge in [-0.2, -0.15) is 0 Å². The predicted molar refractivity (Wildman–Crippen MR) is 338 cm³/mol. The lowest BCUT2D eigenvalue weighted by Crippen LogP contribution is -2.60. The fourth-order valence-electron chi connectivity index (χ4n) is 12.8. The molecule has 15 rings (SSSR count). The number of benzene rings is 11. The summed E-state index contributed by atoms with van der Waals surface area (Å²) in [7, 11) is 0. The summed E-state index contributed by atoms with van der Waals surface area (Å²) >= 11 is 1.91. The van der Waals surface area contributed by atoms with Crippen LogP contribution in [0, 0.1) is 0 Å². The number of aromatic nitrogens is 1. The molecule has 78 heavy (non-hydrogen) atoms. The SMILES string of the molecule is CC(C)(C)c1cc(-c2cc3c4c(c2)-n2c5ccc(-c6ccccc6)cc5c5cc(-c6ccccc6)cc(c52)B4c2cc4sc5ccccc5c4cc2N3c2ccc(-c3ccccc3)cc2-c2ccccc2)cc(C(C)(C)C)c1. The summed E-state index contributed by atoms with van der Waals surface area (Å²) in [6.45, 7) is 14.0. The van der Waals surface area contributed by atoms with E-state index in [9.17, 15) is 0 Å². The van der Waals surface area contributed by atoms with E-state index in [0.29, 0.717) is 0 Å². The largest absolute Gasteiger partial charge is 0.311 e. The Hall–Kier alpha value is -8.70. The molecule has 0 spiro atoms. The molecule has 0 unspecified atom stereocenters. The predicted octanol–water partition coefficient (Wildman–Crippen LogP) is 18.7. The Morgan fingerprint density at radius 1 is 0.333 bits per heavy atom. The Morgan fingerprint density at radius 3 is 1.53 bits per heavy atom. The Kier molecular flexibility index (Phi) is 10.4. The van der Waals surface area contributed by atoms with Crippen molar-refractivity contribution in [3.05, 3.63) is 248 Å². The molecule has 13 aromatic rings. The lowest BCUT2D eigenvalue weighted by atomic mass is 9.33. The Labute approximate surface area is 461 Å². The highest BCUT2D eigenvalue weighted by Gasteiger charge is 2.44. The van der Waals surface area contributed by atoms with Gasteiger partial charge >= 0.3 is 0 Å². The first-order valence-electron chi connectivity index (χ1n) is 27.5. The molecule has 0 N–H and O–H groups in total. The lowest BCUT2D eigenvalue weighted by molar-refractivity contribution is 0.569. The van der Waals surface area contributed by atoms with Crippen LogP contribution in [-0.4, -0.2) is 11.3 Å². The molecule has 2 aliphatic rings. The molecule has 372 valence electrons. The van der Waals surface area contributed by atoms with Gasteiger partial charge in [0, 0.05) is 59.1 Å². The highest BCUT2D eigenvalue weighted by atomic mass is 32.1. The van der Waals surface area contributed by atoms with Crippen LogP contribution in [0.15, 0.2) is 237 Å². The third-order valence-electron chi connectivity index (χ3n) is 16.8. The van der Waals surface area contributed by atoms with E-state index in [4.69, 9.17) is 0 Å². The van der Waals surface area contributed by atoms with Gasteiger partial charge in [-0.25, -0.2) is 0 Å². The molecule has 0 aliphatic carbocycles. The molecule has 2 aromatic heterocycles. The van der Waals surface area contributed by atoms with Crippen LogP contribution in [0.2, 0.25) is 0 Å². The number of rotatable bonds is 6. The van der Waals surface area contributed by atoms with Gasteiger partial charge in [-0.05, 0) is 149 Å². The quantitative estimate of drug-likeness (QED) is 0.151. The van der Waals surface area contributed by atoms with Gasteiger partial charge in [0.05, 0.1) is 11.2 Å². The fourth-order valence-corrected chi connectivity index (χ4v) is 14.0. The van der Waals surface area contributed by atoms with Crippen LogP contribution < -0.4 is 21.3 Å². The molecular formula is C74H57BN2S. The normalized spacial score (nSPS) is 12.9. The van der Waals surface area contributed by atoms with Crippen LogP contribution in [0.3, 0.4) is 0 Å². The van der Waals surface area contributed by atoms with E-state index in [0.717, 1.165) is 5.69 Å². The lowest BCUT2D eigenvalue weighted by Gasteiger charge is -2.41. The average Bonchev–Trinajstić information content (AvgIpc) is 2.60. The molecule has 4 heteroatoms. The number of nitrogens with zero attached hydrogens (tertiary/aromatic N) is 2. The van der Waals surface area contributed by atoms with Crippen LogP contribution in [0.25, 0.3) is 103 Å². The fraction of sp³-hybridized carbons (Fsp3) is 0.108. The first kappa shape index (κ1) is 46.6. The van der Waals surface area contributed by atoms with Gasteiger partial charge in [0.25, 0.3) is 6.71 Å². The summed E-state index contributed by atoms with van der Waals surface area (Å²) in [5, 5.41) is 5.11. The average molecular weight is 1020 g/mol. The maximum atomic E-state index is 2.66. The van der Waals surface area contributed by atoms with Crippen molar-refractivity contribution in [2.75, 3.05) is 4.90 Å². The molecule has 0 bridgehead atoms. The van der Waals surface area contributed by atoms with Gasteiger partial charge in [-0.1, -0.05) is 217 Å². The van der Waals surface area contributed by atoms with Gasteiger partial charge in [0.15, 0.2) is 0 Å². The Balaban J connectivity index is 1.13. The van der Waals surface area contributed by atoms with Crippen molar-refractivity contribution in [1.29, 1.82) is 0 Å². The van der Waals surface area contributed by atoms with Crippen molar-refractivity contribution < 1.29 is 0 Å². The molecule has 0 saturated heterocycles. The third kappa shape index (κ3) is 7.37. The van der Waals surface area contributed by atoms with E-state index in [-0.39, 0.29) is 17.5 Å². The molecule has 0 atom stereocenters. The standard InChI is InChI=1S/C74H57BN2S/c1-73(2,3)55-35-52(36-56(43-55)74(4,5)6)54-41-67-71-68(42-54)77-65-34-32-51(47-23-13-8-14-24-47)38-59(65)61-39-53(48-25-15-9-16-26-48)40-63(72(61)77)75(71)62-45-70-60(57-29-19-20-30-69(57)78-70)44-66(62)76(67)64-33-31-50(46-21-11-7-12-22-46)37-58(64)49-27-17-10-18-28-49/h7-45H,1-6H3. The zero-order chi connectivity index (χ0) is 52.6. The summed E-state index contributed by atoms with van der Waals surface area (Å²) < 4.78 is 5.26. The molecule has 0 saturated carbocycles. The smallest absolute Gasteiger partial charge is 0.252 e. The van der Waals surface area contributed by atoms with E-state index in [1.165, 1.54) is 142 Å². The minimum Gasteiger partial charge on any atom is -0.311 e. The highest BCUT2D eigenvalue weighted by Crippen LogP contribution is 2.50. The summed E-state index contributed by atoms with van der Waals surface area (Å²) in [6.07, 6.45) is 0. The molecule has 2 nitrogen and oxygen atoms in total. The first-order valence-corrected chi connectivity index (χ1v) is 28.3. The van der Waals surface area contributed by atoms with Crippen molar-refractivity contribution in [3.8, 4) is 61.3 Å². The van der Waals surface area contributed by atoms with Crippen molar-refractivity contribution >= 4 is 93.5 Å². The second-order valence-electron chi connectivity index (χ2n) is 23.7. The Bertz CT molecular complexity index is 4520. The number of thiophene rings is 1. The molecule has 2 aliphatic heterocycles. The number of fused-ring (bicyclic) bond motifs is 10. The number of hydrogen-bond donors (Lipinski definition) is 0. The van der Waals surface area contributed by atoms with Crippen molar-refractivity contribution in [2.45, 2.75) is 52.4 Å². The third-order valence-corrected chi connectivity index (χ3v) is 18.0. The summed E-state index contributed by atoms with van der Waals surface area (Å²) in [6, 6.07) is 89.8. The maximum Gasteiger partial charge on any atom is 0.252 e. The number of anilines is 3. The van der Waals surface area contributed by atoms with Crippen molar-refractivity contribution in [2.24, 2.45) is 0 Å². The van der Waals surface area contributed by atoms with Gasteiger partial charge in [0.1, 0.15) is 0 Å². The maximum absolute atomic E-state index is 2.66. The van der Waals surface area contributed by atoms with Crippen LogP contribution in [0.4, 0.5) is 17.1 Å². The highest BCUT2D eigenvalue weighted by molar-refractivity contribution is 7.26. The molecular weight excluding hydrogens is 960 g/mol. The molecule has 0 radical (unpaired) electrons. The number of hydrogen-bond acceptors (Lipinski definition) is 2. The monoisotopic (exact) mass is 1020 g/mol. The van der Waals surface area contributed by atoms with Gasteiger partial charge in [-0.15, -0.1) is 11.3 Å². The molecule has 0 fully saturated rings. The van der Waals surface area contributed by atoms with Crippen molar-refractivity contribution in [1.82, 2.24) is 4.57 Å². The van der Waals surface area contributed by atoms with E-state index >= 15 is 0 Å². The van der Waals surface area contributed by atoms with E-state index in [1.54, 1.807) is 0 Å². The molecule has 11 aromatic carbocycles. The summed E-state index contributed by atoms with van der Waals surface area (Å²) in [5.74, 6) is 0. The second kappa shape index (κ2) is 17.4. The van der Waals surface area contributed by atoms with Crippen molar-refractivity contribution in [3.63, 3.8) is 0 Å². The van der Waals surface area contributed by atoms with E-state index in [1.807, 2.05) is 11.3 Å². The Morgan fingerprint density at radius 2 is 0.872 bits per heavy atom. The van der Waals surface area contributed by atoms with E-state index < -0.39 is 0 Å². The van der Waals surface area contributed by atoms with Gasteiger partial charge in [-0.3, -0.25) is 0 Å². The van der Waals surface area contributed by atoms with Crippen LogP contribution in [0.5, 0.6) is 0 Å². The minimum atomic E-state index is -0.0868. The zero-order valence-electron chi connectivity index (χ0n) is 44.9. The second-order valence-corrected chi connectivity index (χ2v) is 24.8. The van der Waals surface area contributed by atoms with Crippen LogP contribution in [0.1, 0.15) is 52.7 Å². The molecule has 0 amide bonds. The van der Waals surface area contributed by atoms with Crippen LogP contribution >= 0.6 is 11.3 Å². The first-order chi connectivity index (χ1) is 37.9. The summed E-state index contributed by atoms with van der Waals surface area (Å²) in [4.78, 5) is 2.66. The van der Waals surface area contributed by atoms with E-state index in [2.05, 4.69) is 288 Å². The topological polar surface area (TPSA) is 8.17 Å². The van der Waals surface area contributed by atoms with Crippen LogP contribution in [-0.2, 0) is 10.8 Å². The van der Waals surface area contributed by atoms with Gasteiger partial charge < -0.3 is 9.47 Å². The molecule has 4 heterocycles. The van der Waals surface area contributed by atoms with Gasteiger partial charge in [0.2, 0.25) is 0 Å². The zero-order valence-corrected chi connectivity index (χ0v) is 45.7.